The standard InChI is InChI=1S/C22H23NO5/c1-15-5-3-4-6-17(15)8-10-22(25)28-14-21(24)23-16(2)18-7-9-19-20(13-18)27-12-11-26-19/h3-10,13,16H,11-12,14H2,1-2H3,(H,23,24)/b10-8+/t16-/m1/s1. The summed E-state index contributed by atoms with van der Waals surface area (Å²) in [5.74, 6) is 0.422. The minimum absolute atomic E-state index is 0.260. The quantitative estimate of drug-likeness (QED) is 0.614. The molecule has 6 nitrogen and oxygen atoms in total. The second kappa shape index (κ2) is 9.08. The largest absolute Gasteiger partial charge is 0.486 e. The maximum Gasteiger partial charge on any atom is 0.331 e. The minimum atomic E-state index is -0.564. The first kappa shape index (κ1) is 19.5. The predicted molar refractivity (Wildman–Crippen MR) is 105 cm³/mol. The molecule has 1 N–H and O–H groups in total. The number of fused-ring (bicyclic) bond motifs is 1. The van der Waals surface area contributed by atoms with Crippen molar-refractivity contribution in [2.75, 3.05) is 19.8 Å². The number of aryl methyl sites for hydroxylation is 1. The van der Waals surface area contributed by atoms with E-state index < -0.39 is 5.97 Å². The van der Waals surface area contributed by atoms with Crippen LogP contribution in [0.25, 0.3) is 6.08 Å². The second-order valence-electron chi connectivity index (χ2n) is 6.49. The fourth-order valence-electron chi connectivity index (χ4n) is 2.81. The Kier molecular flexibility index (Phi) is 6.32. The van der Waals surface area contributed by atoms with Gasteiger partial charge in [0.2, 0.25) is 0 Å². The SMILES string of the molecule is Cc1ccccc1/C=C/C(=O)OCC(=O)N[C@H](C)c1ccc2c(c1)OCCO2. The summed E-state index contributed by atoms with van der Waals surface area (Å²) >= 11 is 0. The number of hydrogen-bond donors (Lipinski definition) is 1. The third kappa shape index (κ3) is 5.13. The van der Waals surface area contributed by atoms with Gasteiger partial charge in [-0.05, 0) is 48.7 Å². The van der Waals surface area contributed by atoms with Gasteiger partial charge in [0.1, 0.15) is 13.2 Å². The molecule has 0 bridgehead atoms. The molecule has 2 aromatic carbocycles. The first-order chi connectivity index (χ1) is 13.5. The Morgan fingerprint density at radius 2 is 1.89 bits per heavy atom. The van der Waals surface area contributed by atoms with Crippen molar-refractivity contribution in [3.63, 3.8) is 0 Å². The van der Waals surface area contributed by atoms with Crippen LogP contribution in [0.3, 0.4) is 0 Å². The summed E-state index contributed by atoms with van der Waals surface area (Å²) in [5.41, 5.74) is 2.86. The molecule has 2 aromatic rings. The van der Waals surface area contributed by atoms with Gasteiger partial charge in [0.25, 0.3) is 5.91 Å². The van der Waals surface area contributed by atoms with Gasteiger partial charge in [-0.2, -0.15) is 0 Å². The predicted octanol–water partition coefficient (Wildman–Crippen LogP) is 3.20. The number of esters is 1. The highest BCUT2D eigenvalue weighted by Crippen LogP contribution is 2.32. The van der Waals surface area contributed by atoms with Crippen molar-refractivity contribution in [1.29, 1.82) is 0 Å². The topological polar surface area (TPSA) is 73.9 Å². The monoisotopic (exact) mass is 381 g/mol. The number of ether oxygens (including phenoxy) is 3. The van der Waals surface area contributed by atoms with E-state index in [9.17, 15) is 9.59 Å². The minimum Gasteiger partial charge on any atom is -0.486 e. The van der Waals surface area contributed by atoms with Crippen molar-refractivity contribution in [1.82, 2.24) is 5.32 Å². The van der Waals surface area contributed by atoms with Crippen LogP contribution < -0.4 is 14.8 Å². The Hall–Kier alpha value is -3.28. The normalized spacial score (nSPS) is 13.8. The zero-order valence-electron chi connectivity index (χ0n) is 15.9. The molecule has 0 saturated heterocycles. The van der Waals surface area contributed by atoms with E-state index in [-0.39, 0.29) is 18.6 Å². The lowest BCUT2D eigenvalue weighted by Gasteiger charge is -2.21. The maximum absolute atomic E-state index is 12.1. The van der Waals surface area contributed by atoms with Gasteiger partial charge in [0, 0.05) is 6.08 Å². The molecular formula is C22H23NO5. The molecule has 1 heterocycles. The first-order valence-electron chi connectivity index (χ1n) is 9.12. The van der Waals surface area contributed by atoms with Crippen LogP contribution in [0.2, 0.25) is 0 Å². The zero-order chi connectivity index (χ0) is 19.9. The van der Waals surface area contributed by atoms with Gasteiger partial charge in [-0.3, -0.25) is 4.79 Å². The summed E-state index contributed by atoms with van der Waals surface area (Å²) in [6.07, 6.45) is 2.99. The fraction of sp³-hybridized carbons (Fsp3) is 0.273. The van der Waals surface area contributed by atoms with Gasteiger partial charge in [-0.1, -0.05) is 30.3 Å². The molecule has 0 aliphatic carbocycles. The Labute approximate surface area is 164 Å². The highest BCUT2D eigenvalue weighted by atomic mass is 16.6. The average molecular weight is 381 g/mol. The molecule has 0 fully saturated rings. The van der Waals surface area contributed by atoms with Crippen LogP contribution in [0.4, 0.5) is 0 Å². The number of nitrogens with one attached hydrogen (secondary N) is 1. The maximum atomic E-state index is 12.1. The highest BCUT2D eigenvalue weighted by molar-refractivity contribution is 5.89. The van der Waals surface area contributed by atoms with Crippen LogP contribution in [0, 0.1) is 6.92 Å². The van der Waals surface area contributed by atoms with Crippen molar-refractivity contribution in [3.05, 3.63) is 65.2 Å². The molecule has 1 atom stereocenters. The Morgan fingerprint density at radius 3 is 2.68 bits per heavy atom. The number of benzene rings is 2. The molecule has 1 aliphatic heterocycles. The molecular weight excluding hydrogens is 358 g/mol. The lowest BCUT2D eigenvalue weighted by atomic mass is 10.1. The summed E-state index contributed by atoms with van der Waals surface area (Å²) in [7, 11) is 0. The second-order valence-corrected chi connectivity index (χ2v) is 6.49. The molecule has 3 rings (SSSR count). The Balaban J connectivity index is 1.48. The molecule has 146 valence electrons. The molecule has 1 aliphatic rings. The van der Waals surface area contributed by atoms with E-state index in [1.165, 1.54) is 6.08 Å². The van der Waals surface area contributed by atoms with Gasteiger partial charge in [0.15, 0.2) is 18.1 Å². The molecule has 0 spiro atoms. The van der Waals surface area contributed by atoms with Crippen molar-refractivity contribution in [2.24, 2.45) is 0 Å². The smallest absolute Gasteiger partial charge is 0.331 e. The summed E-state index contributed by atoms with van der Waals surface area (Å²) < 4.78 is 16.1. The van der Waals surface area contributed by atoms with E-state index in [0.29, 0.717) is 24.7 Å². The average Bonchev–Trinajstić information content (AvgIpc) is 2.71. The van der Waals surface area contributed by atoms with Crippen LogP contribution in [-0.2, 0) is 14.3 Å². The third-order valence-corrected chi connectivity index (χ3v) is 4.38. The van der Waals surface area contributed by atoms with Gasteiger partial charge >= 0.3 is 5.97 Å². The van der Waals surface area contributed by atoms with Crippen molar-refractivity contribution < 1.29 is 23.8 Å². The zero-order valence-corrected chi connectivity index (χ0v) is 15.9. The van der Waals surface area contributed by atoms with E-state index in [2.05, 4.69) is 5.32 Å². The summed E-state index contributed by atoms with van der Waals surface area (Å²) in [6.45, 7) is 4.50. The highest BCUT2D eigenvalue weighted by Gasteiger charge is 2.16. The molecule has 0 saturated carbocycles. The molecule has 0 unspecified atom stereocenters. The summed E-state index contributed by atoms with van der Waals surface area (Å²) in [4.78, 5) is 23.9. The number of carbonyl (C=O) groups is 2. The van der Waals surface area contributed by atoms with E-state index in [1.807, 2.05) is 56.3 Å². The van der Waals surface area contributed by atoms with E-state index in [1.54, 1.807) is 6.08 Å². The van der Waals surface area contributed by atoms with Crippen LogP contribution in [0.1, 0.15) is 29.7 Å². The van der Waals surface area contributed by atoms with Gasteiger partial charge in [0.05, 0.1) is 6.04 Å². The Bertz CT molecular complexity index is 890. The van der Waals surface area contributed by atoms with E-state index >= 15 is 0 Å². The molecule has 0 radical (unpaired) electrons. The van der Waals surface area contributed by atoms with Gasteiger partial charge < -0.3 is 19.5 Å². The molecule has 28 heavy (non-hydrogen) atoms. The van der Waals surface area contributed by atoms with Gasteiger partial charge in [-0.15, -0.1) is 0 Å². The van der Waals surface area contributed by atoms with Crippen LogP contribution >= 0.6 is 0 Å². The van der Waals surface area contributed by atoms with Crippen molar-refractivity contribution >= 4 is 18.0 Å². The van der Waals surface area contributed by atoms with E-state index in [4.69, 9.17) is 14.2 Å². The number of amides is 1. The lowest BCUT2D eigenvalue weighted by Crippen LogP contribution is -2.31. The van der Waals surface area contributed by atoms with Crippen LogP contribution in [-0.4, -0.2) is 31.7 Å². The lowest BCUT2D eigenvalue weighted by molar-refractivity contribution is -0.144. The summed E-state index contributed by atoms with van der Waals surface area (Å²) in [6, 6.07) is 13.0. The van der Waals surface area contributed by atoms with Crippen LogP contribution in [0.15, 0.2) is 48.5 Å². The molecule has 0 aromatic heterocycles. The van der Waals surface area contributed by atoms with Crippen molar-refractivity contribution in [2.45, 2.75) is 19.9 Å². The Morgan fingerprint density at radius 1 is 1.14 bits per heavy atom. The fourth-order valence-corrected chi connectivity index (χ4v) is 2.81. The summed E-state index contributed by atoms with van der Waals surface area (Å²) in [5, 5.41) is 2.80. The van der Waals surface area contributed by atoms with Gasteiger partial charge in [-0.25, -0.2) is 4.79 Å². The number of rotatable bonds is 6. The molecule has 6 heteroatoms. The number of carbonyl (C=O) groups excluding carboxylic acids is 2. The number of hydrogen-bond acceptors (Lipinski definition) is 5. The van der Waals surface area contributed by atoms with Crippen LogP contribution in [0.5, 0.6) is 11.5 Å². The third-order valence-electron chi connectivity index (χ3n) is 4.38. The molecule has 1 amide bonds. The van der Waals surface area contributed by atoms with E-state index in [0.717, 1.165) is 16.7 Å². The van der Waals surface area contributed by atoms with Crippen molar-refractivity contribution in [3.8, 4) is 11.5 Å². The first-order valence-corrected chi connectivity index (χ1v) is 9.12.